The van der Waals surface area contributed by atoms with E-state index in [2.05, 4.69) is 38.6 Å². The van der Waals surface area contributed by atoms with E-state index in [0.717, 1.165) is 0 Å². The molecule has 3 aromatic carbocycles. The van der Waals surface area contributed by atoms with Gasteiger partial charge in [-0.3, -0.25) is 0 Å². The second-order valence-corrected chi connectivity index (χ2v) is 24.1. The first kappa shape index (κ1) is 42.7. The molecule has 13 heteroatoms. The number of rotatable bonds is 10. The summed E-state index contributed by atoms with van der Waals surface area (Å²) in [4.78, 5) is 41.7. The van der Waals surface area contributed by atoms with Crippen LogP contribution in [-0.4, -0.2) is 83.3 Å². The van der Waals surface area contributed by atoms with Gasteiger partial charge in [-0.2, -0.15) is 0 Å². The summed E-state index contributed by atoms with van der Waals surface area (Å²) in [5.41, 5.74) is -0.130. The van der Waals surface area contributed by atoms with Crippen molar-refractivity contribution in [2.75, 3.05) is 5.75 Å². The molecule has 1 fully saturated rings. The van der Waals surface area contributed by atoms with E-state index in [9.17, 15) is 18.9 Å². The molecule has 1 N–H and O–H groups in total. The van der Waals surface area contributed by atoms with Crippen molar-refractivity contribution in [1.82, 2.24) is 4.72 Å². The third kappa shape index (κ3) is 11.1. The van der Waals surface area contributed by atoms with Crippen molar-refractivity contribution in [2.24, 2.45) is 0 Å². The molecule has 0 amide bonds. The SMILES string of the molecule is CC(C)(C)[S+]([O-])N[C@@H]1C/C=C/C(O[Si](C)(C)C(C)(C)C)CSC2OC1C(OC(=O)c1ccccc1)C(OC(=O)c1ccccc1)C2OC(=O)c1ccccc1. The maximum absolute atomic E-state index is 14.0. The van der Waals surface area contributed by atoms with Crippen LogP contribution in [0.4, 0.5) is 0 Å². The quantitative estimate of drug-likeness (QED) is 0.0705. The van der Waals surface area contributed by atoms with Crippen LogP contribution in [0.1, 0.15) is 79.0 Å². The largest absolute Gasteiger partial charge is 0.598 e. The fraction of sp³-hybridized carbons (Fsp3) is 0.452. The van der Waals surface area contributed by atoms with Gasteiger partial charge in [-0.15, -0.1) is 16.5 Å². The Morgan fingerprint density at radius 2 is 1.20 bits per heavy atom. The standard InChI is InChI=1S/C42H53NO9S2Si/c1-41(2,3)54(47)43-32-26-18-25-31(52-55(7,8)42(4,5)6)27-53-40-36(50-39(46)30-23-16-11-17-24-30)35(49-38(45)29-21-14-10-15-22-29)34(33(32)51-40)48-37(44)28-19-12-9-13-20-28/h9-25,31-36,40,43H,26-27H2,1-8H3/b25-18+/t31?,32-,33?,34?,35?,36?,40?,54?/m1/s1. The van der Waals surface area contributed by atoms with E-state index in [-0.39, 0.29) is 27.8 Å². The van der Waals surface area contributed by atoms with E-state index in [4.69, 9.17) is 23.4 Å². The number of hydrogen-bond acceptors (Lipinski definition) is 11. The van der Waals surface area contributed by atoms with Crippen molar-refractivity contribution in [3.63, 3.8) is 0 Å². The van der Waals surface area contributed by atoms with E-state index in [0.29, 0.717) is 12.2 Å². The van der Waals surface area contributed by atoms with Crippen molar-refractivity contribution in [2.45, 2.75) is 113 Å². The molecule has 10 nitrogen and oxygen atoms in total. The normalized spacial score (nSPS) is 25.9. The Hall–Kier alpha value is -3.43. The molecule has 7 unspecified atom stereocenters. The maximum atomic E-state index is 14.0. The third-order valence-corrected chi connectivity index (χ3v) is 17.3. The molecule has 8 atom stereocenters. The van der Waals surface area contributed by atoms with Crippen molar-refractivity contribution >= 4 is 49.3 Å². The molecular weight excluding hydrogens is 755 g/mol. The number of benzene rings is 3. The van der Waals surface area contributed by atoms with Gasteiger partial charge in [0.25, 0.3) is 0 Å². The van der Waals surface area contributed by atoms with Crippen LogP contribution in [0.15, 0.2) is 103 Å². The first-order valence-corrected chi connectivity index (χ1v) is 23.6. The number of ether oxygens (including phenoxy) is 4. The van der Waals surface area contributed by atoms with Gasteiger partial charge in [0.15, 0.2) is 26.6 Å². The molecule has 55 heavy (non-hydrogen) atoms. The molecule has 5 rings (SSSR count). The zero-order valence-electron chi connectivity index (χ0n) is 32.8. The minimum atomic E-state index is -2.26. The summed E-state index contributed by atoms with van der Waals surface area (Å²) in [5.74, 6) is -1.65. The Morgan fingerprint density at radius 1 is 0.745 bits per heavy atom. The number of hydrogen-bond donors (Lipinski definition) is 1. The van der Waals surface area contributed by atoms with Gasteiger partial charge in [-0.1, -0.05) is 87.5 Å². The van der Waals surface area contributed by atoms with Gasteiger partial charge in [-0.25, -0.2) is 14.4 Å². The zero-order chi connectivity index (χ0) is 40.0. The van der Waals surface area contributed by atoms with Crippen LogP contribution >= 0.6 is 11.8 Å². The summed E-state index contributed by atoms with van der Waals surface area (Å²) >= 11 is -0.230. The Kier molecular flexibility index (Phi) is 14.1. The van der Waals surface area contributed by atoms with Crippen molar-refractivity contribution in [3.05, 3.63) is 120 Å². The van der Waals surface area contributed by atoms with E-state index < -0.39 is 78.2 Å². The molecule has 2 bridgehead atoms. The van der Waals surface area contributed by atoms with E-state index in [1.54, 1.807) is 91.0 Å². The molecule has 0 radical (unpaired) electrons. The van der Waals surface area contributed by atoms with Crippen LogP contribution in [0.25, 0.3) is 0 Å². The van der Waals surface area contributed by atoms with E-state index >= 15 is 0 Å². The Labute approximate surface area is 333 Å². The third-order valence-electron chi connectivity index (χ3n) is 9.92. The summed E-state index contributed by atoms with van der Waals surface area (Å²) in [5, 5.41) is -0.0682. The average molecular weight is 808 g/mol. The summed E-state index contributed by atoms with van der Waals surface area (Å²) in [6.45, 7) is 16.5. The molecule has 2 aliphatic heterocycles. The van der Waals surface area contributed by atoms with Crippen molar-refractivity contribution < 1.29 is 42.3 Å². The highest BCUT2D eigenvalue weighted by Crippen LogP contribution is 2.41. The molecule has 0 spiro atoms. The van der Waals surface area contributed by atoms with Crippen LogP contribution in [0.2, 0.25) is 18.1 Å². The van der Waals surface area contributed by atoms with Crippen molar-refractivity contribution in [1.29, 1.82) is 0 Å². The monoisotopic (exact) mass is 807 g/mol. The predicted octanol–water partition coefficient (Wildman–Crippen LogP) is 7.89. The highest BCUT2D eigenvalue weighted by molar-refractivity contribution is 7.99. The molecule has 0 saturated carbocycles. The van der Waals surface area contributed by atoms with Gasteiger partial charge < -0.3 is 27.9 Å². The maximum Gasteiger partial charge on any atom is 0.338 e. The Morgan fingerprint density at radius 3 is 1.65 bits per heavy atom. The fourth-order valence-electron chi connectivity index (χ4n) is 5.80. The Bertz CT molecular complexity index is 1770. The predicted molar refractivity (Wildman–Crippen MR) is 219 cm³/mol. The lowest BCUT2D eigenvalue weighted by atomic mass is 9.92. The second kappa shape index (κ2) is 18.2. The van der Waals surface area contributed by atoms with Crippen LogP contribution < -0.4 is 4.72 Å². The fourth-order valence-corrected chi connectivity index (χ4v) is 9.22. The van der Waals surface area contributed by atoms with Gasteiger partial charge in [0.2, 0.25) is 0 Å². The number of carbonyl (C=O) groups excluding carboxylic acids is 3. The smallest absolute Gasteiger partial charge is 0.338 e. The summed E-state index contributed by atoms with van der Waals surface area (Å²) in [6.07, 6.45) is -0.973. The first-order chi connectivity index (χ1) is 25.9. The number of esters is 3. The first-order valence-electron chi connectivity index (χ1n) is 18.5. The van der Waals surface area contributed by atoms with Gasteiger partial charge in [0, 0.05) is 17.1 Å². The van der Waals surface area contributed by atoms with Gasteiger partial charge >= 0.3 is 17.9 Å². The molecule has 2 aliphatic rings. The van der Waals surface area contributed by atoms with Gasteiger partial charge in [0.05, 0.1) is 28.8 Å². The average Bonchev–Trinajstić information content (AvgIpc) is 3.14. The second-order valence-electron chi connectivity index (χ2n) is 16.2. The molecular formula is C42H53NO9S2Si. The number of carbonyl (C=O) groups is 3. The highest BCUT2D eigenvalue weighted by Gasteiger charge is 2.56. The molecule has 2 heterocycles. The topological polar surface area (TPSA) is 132 Å². The number of fused-ring (bicyclic) bond motifs is 2. The number of thioether (sulfide) groups is 1. The Balaban J connectivity index is 1.65. The highest BCUT2D eigenvalue weighted by atomic mass is 32.2. The van der Waals surface area contributed by atoms with Crippen LogP contribution in [0.5, 0.6) is 0 Å². The van der Waals surface area contributed by atoms with Crippen LogP contribution in [0, 0.1) is 0 Å². The minimum Gasteiger partial charge on any atom is -0.598 e. The summed E-state index contributed by atoms with van der Waals surface area (Å²) in [6, 6.07) is 24.6. The molecule has 0 aliphatic carbocycles. The lowest BCUT2D eigenvalue weighted by Gasteiger charge is -2.47. The zero-order valence-corrected chi connectivity index (χ0v) is 35.4. The lowest BCUT2D eigenvalue weighted by molar-refractivity contribution is -0.205. The van der Waals surface area contributed by atoms with E-state index in [1.807, 2.05) is 32.9 Å². The van der Waals surface area contributed by atoms with Crippen LogP contribution in [0.3, 0.4) is 0 Å². The van der Waals surface area contributed by atoms with Gasteiger partial charge in [0.1, 0.15) is 16.3 Å². The van der Waals surface area contributed by atoms with Crippen molar-refractivity contribution in [3.8, 4) is 0 Å². The molecule has 0 aromatic heterocycles. The molecule has 296 valence electrons. The minimum absolute atomic E-state index is 0.0682. The van der Waals surface area contributed by atoms with E-state index in [1.165, 1.54) is 11.8 Å². The summed E-state index contributed by atoms with van der Waals surface area (Å²) in [7, 11) is -2.26. The molecule has 1 saturated heterocycles. The van der Waals surface area contributed by atoms with Gasteiger partial charge in [-0.05, 0) is 81.7 Å². The summed E-state index contributed by atoms with van der Waals surface area (Å²) < 4.78 is 49.1. The van der Waals surface area contributed by atoms with Crippen LogP contribution in [-0.2, 0) is 34.7 Å². The molecule has 3 aromatic rings. The number of nitrogens with one attached hydrogen (secondary N) is 1. The lowest BCUT2D eigenvalue weighted by Crippen LogP contribution is -2.66.